The summed E-state index contributed by atoms with van der Waals surface area (Å²) >= 11 is 0. The van der Waals surface area contributed by atoms with Gasteiger partial charge < -0.3 is 10.2 Å². The molecule has 0 aliphatic carbocycles. The van der Waals surface area contributed by atoms with Gasteiger partial charge >= 0.3 is 6.03 Å². The lowest BCUT2D eigenvalue weighted by Gasteiger charge is -2.29. The van der Waals surface area contributed by atoms with Gasteiger partial charge in [0.2, 0.25) is 0 Å². The minimum Gasteiger partial charge on any atom is -0.320 e. The fourth-order valence-corrected chi connectivity index (χ4v) is 2.91. The first-order valence-corrected chi connectivity index (χ1v) is 7.97. The van der Waals surface area contributed by atoms with Crippen molar-refractivity contribution in [1.29, 1.82) is 5.26 Å². The van der Waals surface area contributed by atoms with Crippen molar-refractivity contribution >= 4 is 11.7 Å². The quantitative estimate of drug-likeness (QED) is 0.912. The topological polar surface area (TPSA) is 56.1 Å². The average molecular weight is 323 g/mol. The molecule has 2 amide bonds. The summed E-state index contributed by atoms with van der Waals surface area (Å²) in [6, 6.07) is 12.2. The molecule has 4 nitrogen and oxygen atoms in total. The Bertz CT molecular complexity index is 826. The molecule has 0 saturated heterocycles. The lowest BCUT2D eigenvalue weighted by Crippen LogP contribution is -2.38. The van der Waals surface area contributed by atoms with E-state index in [2.05, 4.69) is 11.4 Å². The number of nitrogens with zero attached hydrogens (tertiary/aromatic N) is 2. The first kappa shape index (κ1) is 16.0. The molecule has 0 unspecified atom stereocenters. The number of fused-ring (bicyclic) bond motifs is 1. The fraction of sp³-hybridized carbons (Fsp3) is 0.263. The van der Waals surface area contributed by atoms with Crippen LogP contribution in [0, 0.1) is 17.1 Å². The SMILES string of the molecule is CCc1ccc(NC(=O)N2CCc3cc(C#N)ccc3C2)cc1F. The van der Waals surface area contributed by atoms with Gasteiger partial charge in [0.05, 0.1) is 11.6 Å². The molecule has 0 bridgehead atoms. The molecular formula is C19H18FN3O. The van der Waals surface area contributed by atoms with E-state index in [0.717, 1.165) is 11.1 Å². The first-order chi connectivity index (χ1) is 11.6. The van der Waals surface area contributed by atoms with Crippen LogP contribution in [-0.4, -0.2) is 17.5 Å². The van der Waals surface area contributed by atoms with Crippen molar-refractivity contribution in [3.8, 4) is 6.07 Å². The zero-order valence-corrected chi connectivity index (χ0v) is 13.5. The molecule has 0 saturated carbocycles. The Morgan fingerprint density at radius 2 is 2.12 bits per heavy atom. The molecule has 1 heterocycles. The summed E-state index contributed by atoms with van der Waals surface area (Å²) in [5.41, 5.74) is 3.88. The second-order valence-corrected chi connectivity index (χ2v) is 5.86. The lowest BCUT2D eigenvalue weighted by atomic mass is 9.98. The number of carbonyl (C=O) groups is 1. The summed E-state index contributed by atoms with van der Waals surface area (Å²) in [5.74, 6) is -0.302. The standard InChI is InChI=1S/C19H18FN3O/c1-2-14-5-6-17(10-18(14)20)22-19(24)23-8-7-15-9-13(11-21)3-4-16(15)12-23/h3-6,9-10H,2,7-8,12H2,1H3,(H,22,24). The molecular weight excluding hydrogens is 305 g/mol. The maximum atomic E-state index is 13.8. The number of halogens is 1. The van der Waals surface area contributed by atoms with E-state index in [9.17, 15) is 9.18 Å². The maximum Gasteiger partial charge on any atom is 0.322 e. The fourth-order valence-electron chi connectivity index (χ4n) is 2.91. The minimum absolute atomic E-state index is 0.242. The van der Waals surface area contributed by atoms with E-state index in [1.807, 2.05) is 19.1 Å². The van der Waals surface area contributed by atoms with E-state index in [0.29, 0.717) is 42.7 Å². The number of benzene rings is 2. The number of carbonyl (C=O) groups excluding carboxylic acids is 1. The number of urea groups is 1. The Morgan fingerprint density at radius 1 is 1.29 bits per heavy atom. The van der Waals surface area contributed by atoms with Crippen LogP contribution in [0.2, 0.25) is 0 Å². The molecule has 0 atom stereocenters. The molecule has 122 valence electrons. The highest BCUT2D eigenvalue weighted by molar-refractivity contribution is 5.89. The largest absolute Gasteiger partial charge is 0.322 e. The van der Waals surface area contributed by atoms with Crippen LogP contribution < -0.4 is 5.32 Å². The number of aryl methyl sites for hydroxylation is 1. The van der Waals surface area contributed by atoms with Crippen molar-refractivity contribution in [2.45, 2.75) is 26.3 Å². The molecule has 24 heavy (non-hydrogen) atoms. The van der Waals surface area contributed by atoms with E-state index in [1.54, 1.807) is 23.1 Å². The van der Waals surface area contributed by atoms with Gasteiger partial charge in [0.25, 0.3) is 0 Å². The Balaban J connectivity index is 1.70. The Labute approximate surface area is 140 Å². The summed E-state index contributed by atoms with van der Waals surface area (Å²) < 4.78 is 13.8. The number of rotatable bonds is 2. The molecule has 3 rings (SSSR count). The highest BCUT2D eigenvalue weighted by atomic mass is 19.1. The van der Waals surface area contributed by atoms with Gasteiger partial charge in [-0.15, -0.1) is 0 Å². The monoisotopic (exact) mass is 323 g/mol. The highest BCUT2D eigenvalue weighted by Gasteiger charge is 2.21. The molecule has 1 aliphatic heterocycles. The third kappa shape index (κ3) is 3.23. The number of nitrogens with one attached hydrogen (secondary N) is 1. The number of anilines is 1. The normalized spacial score (nSPS) is 13.1. The van der Waals surface area contributed by atoms with Crippen LogP contribution >= 0.6 is 0 Å². The van der Waals surface area contributed by atoms with Crippen LogP contribution in [0.5, 0.6) is 0 Å². The van der Waals surface area contributed by atoms with E-state index in [-0.39, 0.29) is 11.8 Å². The summed E-state index contributed by atoms with van der Waals surface area (Å²) in [7, 11) is 0. The minimum atomic E-state index is -0.302. The van der Waals surface area contributed by atoms with Gasteiger partial charge in [-0.2, -0.15) is 5.26 Å². The van der Waals surface area contributed by atoms with Gasteiger partial charge in [0.15, 0.2) is 0 Å². The first-order valence-electron chi connectivity index (χ1n) is 7.97. The Hall–Kier alpha value is -2.87. The molecule has 2 aromatic carbocycles. The van der Waals surface area contributed by atoms with Crippen molar-refractivity contribution < 1.29 is 9.18 Å². The second kappa shape index (κ2) is 6.71. The number of hydrogen-bond donors (Lipinski definition) is 1. The van der Waals surface area contributed by atoms with Crippen LogP contribution in [0.15, 0.2) is 36.4 Å². The average Bonchev–Trinajstić information content (AvgIpc) is 2.61. The lowest BCUT2D eigenvalue weighted by molar-refractivity contribution is 0.206. The number of amides is 2. The van der Waals surface area contributed by atoms with Crippen LogP contribution in [-0.2, 0) is 19.4 Å². The molecule has 5 heteroatoms. The zero-order valence-electron chi connectivity index (χ0n) is 13.5. The molecule has 2 aromatic rings. The van der Waals surface area contributed by atoms with Gasteiger partial charge in [0, 0.05) is 18.8 Å². The van der Waals surface area contributed by atoms with Crippen molar-refractivity contribution in [3.63, 3.8) is 0 Å². The number of nitriles is 1. The van der Waals surface area contributed by atoms with Crippen molar-refractivity contribution in [1.82, 2.24) is 4.90 Å². The van der Waals surface area contributed by atoms with Gasteiger partial charge in [-0.05, 0) is 53.8 Å². The van der Waals surface area contributed by atoms with Crippen molar-refractivity contribution in [3.05, 3.63) is 64.5 Å². The highest BCUT2D eigenvalue weighted by Crippen LogP contribution is 2.22. The Kier molecular flexibility index (Phi) is 4.48. The molecule has 0 radical (unpaired) electrons. The predicted octanol–water partition coefficient (Wildman–Crippen LogP) is 3.85. The summed E-state index contributed by atoms with van der Waals surface area (Å²) in [6.07, 6.45) is 1.33. The van der Waals surface area contributed by atoms with Crippen LogP contribution in [0.1, 0.15) is 29.2 Å². The third-order valence-electron chi connectivity index (χ3n) is 4.32. The van der Waals surface area contributed by atoms with Gasteiger partial charge in [0.1, 0.15) is 5.82 Å². The summed E-state index contributed by atoms with van der Waals surface area (Å²) in [5, 5.41) is 11.7. The second-order valence-electron chi connectivity index (χ2n) is 5.86. The van der Waals surface area contributed by atoms with Crippen LogP contribution in [0.4, 0.5) is 14.9 Å². The van der Waals surface area contributed by atoms with Crippen molar-refractivity contribution in [2.24, 2.45) is 0 Å². The molecule has 1 aliphatic rings. The molecule has 0 fully saturated rings. The molecule has 1 N–H and O–H groups in total. The van der Waals surface area contributed by atoms with Gasteiger partial charge in [-0.1, -0.05) is 19.1 Å². The van der Waals surface area contributed by atoms with Gasteiger partial charge in [-0.3, -0.25) is 0 Å². The predicted molar refractivity (Wildman–Crippen MR) is 90.1 cm³/mol. The van der Waals surface area contributed by atoms with E-state index >= 15 is 0 Å². The molecule has 0 spiro atoms. The third-order valence-corrected chi connectivity index (χ3v) is 4.32. The number of hydrogen-bond acceptors (Lipinski definition) is 2. The van der Waals surface area contributed by atoms with Gasteiger partial charge in [-0.25, -0.2) is 9.18 Å². The molecule has 0 aromatic heterocycles. The smallest absolute Gasteiger partial charge is 0.320 e. The Morgan fingerprint density at radius 3 is 2.83 bits per heavy atom. The maximum absolute atomic E-state index is 13.8. The van der Waals surface area contributed by atoms with E-state index in [4.69, 9.17) is 5.26 Å². The summed E-state index contributed by atoms with van der Waals surface area (Å²) in [4.78, 5) is 14.1. The zero-order chi connectivity index (χ0) is 17.1. The van der Waals surface area contributed by atoms with E-state index in [1.165, 1.54) is 6.07 Å². The summed E-state index contributed by atoms with van der Waals surface area (Å²) in [6.45, 7) is 2.95. The van der Waals surface area contributed by atoms with Crippen LogP contribution in [0.25, 0.3) is 0 Å². The van der Waals surface area contributed by atoms with E-state index < -0.39 is 0 Å². The van der Waals surface area contributed by atoms with Crippen molar-refractivity contribution in [2.75, 3.05) is 11.9 Å². The van der Waals surface area contributed by atoms with Crippen LogP contribution in [0.3, 0.4) is 0 Å².